The van der Waals surface area contributed by atoms with Gasteiger partial charge in [-0.3, -0.25) is 9.69 Å². The minimum atomic E-state index is -4.75. The Morgan fingerprint density at radius 3 is 2.36 bits per heavy atom. The number of hydrogen-bond donors (Lipinski definition) is 1. The molecule has 228 valence electrons. The van der Waals surface area contributed by atoms with E-state index in [0.29, 0.717) is 23.4 Å². The third-order valence-electron chi connectivity index (χ3n) is 8.31. The first-order valence-electron chi connectivity index (χ1n) is 14.2. The first-order chi connectivity index (χ1) is 20.6. The van der Waals surface area contributed by atoms with Gasteiger partial charge in [0.1, 0.15) is 5.82 Å². The van der Waals surface area contributed by atoms with Crippen LogP contribution in [-0.2, 0) is 16.7 Å². The third-order valence-corrected chi connectivity index (χ3v) is 9.61. The second-order valence-corrected chi connectivity index (χ2v) is 13.9. The molecule has 1 atom stereocenters. The first-order valence-corrected chi connectivity index (χ1v) is 15.6. The summed E-state index contributed by atoms with van der Waals surface area (Å²) in [5.41, 5.74) is 10.5. The van der Waals surface area contributed by atoms with Crippen molar-refractivity contribution < 1.29 is 18.0 Å². The van der Waals surface area contributed by atoms with Crippen molar-refractivity contribution in [2.45, 2.75) is 70.2 Å². The number of benzene rings is 3. The number of anilines is 1. The quantitative estimate of drug-likeness (QED) is 0.283. The maximum Gasteiger partial charge on any atom is 0.418 e. The lowest BCUT2D eigenvalue weighted by Gasteiger charge is -2.44. The highest BCUT2D eigenvalue weighted by atomic mass is 35.5. The molecular formula is C35H33ClF3N3OS. The lowest BCUT2D eigenvalue weighted by molar-refractivity contribution is -0.137. The van der Waals surface area contributed by atoms with Crippen LogP contribution in [0.1, 0.15) is 66.0 Å². The number of halogens is 4. The molecule has 4 nitrogen and oxygen atoms in total. The van der Waals surface area contributed by atoms with Crippen molar-refractivity contribution >= 4 is 34.8 Å². The molecule has 9 heteroatoms. The fraction of sp³-hybridized carbons (Fsp3) is 0.314. The van der Waals surface area contributed by atoms with Gasteiger partial charge in [0.2, 0.25) is 0 Å². The summed E-state index contributed by atoms with van der Waals surface area (Å²) < 4.78 is 43.0. The number of carbonyl (C=O) groups is 1. The van der Waals surface area contributed by atoms with Crippen molar-refractivity contribution in [1.29, 1.82) is 5.26 Å². The van der Waals surface area contributed by atoms with Crippen LogP contribution in [0.5, 0.6) is 0 Å². The number of thioether (sulfide) groups is 1. The van der Waals surface area contributed by atoms with E-state index >= 15 is 0 Å². The zero-order valence-corrected chi connectivity index (χ0v) is 26.8. The van der Waals surface area contributed by atoms with Crippen LogP contribution in [0.4, 0.5) is 18.9 Å². The summed E-state index contributed by atoms with van der Waals surface area (Å²) in [6.45, 7) is 9.78. The van der Waals surface area contributed by atoms with Crippen LogP contribution in [0.25, 0.3) is 0 Å². The molecule has 0 spiro atoms. The van der Waals surface area contributed by atoms with Crippen LogP contribution < -0.4 is 10.6 Å². The number of ketones is 1. The summed E-state index contributed by atoms with van der Waals surface area (Å²) in [6.07, 6.45) is -4.26. The van der Waals surface area contributed by atoms with E-state index in [9.17, 15) is 23.2 Å². The van der Waals surface area contributed by atoms with Crippen LogP contribution in [0.15, 0.2) is 82.2 Å². The molecule has 0 saturated heterocycles. The molecule has 0 bridgehead atoms. The monoisotopic (exact) mass is 635 g/mol. The molecule has 0 aromatic heterocycles. The molecule has 0 fully saturated rings. The normalized spacial score (nSPS) is 18.4. The number of hydrogen-bond acceptors (Lipinski definition) is 5. The Morgan fingerprint density at radius 2 is 1.73 bits per heavy atom. The molecule has 44 heavy (non-hydrogen) atoms. The highest BCUT2D eigenvalue weighted by molar-refractivity contribution is 7.98. The lowest BCUT2D eigenvalue weighted by Crippen LogP contribution is -2.42. The van der Waals surface area contributed by atoms with Gasteiger partial charge in [-0.25, -0.2) is 0 Å². The van der Waals surface area contributed by atoms with Gasteiger partial charge in [0.15, 0.2) is 5.78 Å². The zero-order chi connectivity index (χ0) is 32.1. The molecule has 0 saturated carbocycles. The van der Waals surface area contributed by atoms with Crippen molar-refractivity contribution in [3.63, 3.8) is 0 Å². The van der Waals surface area contributed by atoms with Gasteiger partial charge in [0, 0.05) is 33.4 Å². The third kappa shape index (κ3) is 6.00. The van der Waals surface area contributed by atoms with E-state index in [2.05, 4.69) is 36.4 Å². The topological polar surface area (TPSA) is 70.1 Å². The molecular weight excluding hydrogens is 603 g/mol. The second kappa shape index (κ2) is 11.7. The fourth-order valence-electron chi connectivity index (χ4n) is 6.23. The van der Waals surface area contributed by atoms with E-state index in [-0.39, 0.29) is 34.3 Å². The van der Waals surface area contributed by atoms with E-state index in [0.717, 1.165) is 33.2 Å². The number of alkyl halides is 3. The maximum atomic E-state index is 14.3. The van der Waals surface area contributed by atoms with Gasteiger partial charge in [0.25, 0.3) is 0 Å². The number of allylic oxidation sites excluding steroid dienone is 3. The van der Waals surface area contributed by atoms with Gasteiger partial charge in [-0.15, -0.1) is 11.8 Å². The first kappa shape index (κ1) is 31.7. The minimum absolute atomic E-state index is 0.0470. The lowest BCUT2D eigenvalue weighted by atomic mass is 9.68. The van der Waals surface area contributed by atoms with Crippen molar-refractivity contribution in [2.75, 3.05) is 4.90 Å². The van der Waals surface area contributed by atoms with Crippen LogP contribution in [0.3, 0.4) is 0 Å². The highest BCUT2D eigenvalue weighted by Crippen LogP contribution is 2.52. The Kier molecular flexibility index (Phi) is 8.43. The van der Waals surface area contributed by atoms with Crippen molar-refractivity contribution in [3.8, 4) is 6.07 Å². The predicted molar refractivity (Wildman–Crippen MR) is 170 cm³/mol. The molecule has 5 rings (SSSR count). The van der Waals surface area contributed by atoms with Gasteiger partial charge in [-0.2, -0.15) is 18.4 Å². The molecule has 1 unspecified atom stereocenters. The predicted octanol–water partition coefficient (Wildman–Crippen LogP) is 9.52. The number of nitriles is 1. The molecule has 1 heterocycles. The van der Waals surface area contributed by atoms with Crippen molar-refractivity contribution in [1.82, 2.24) is 0 Å². The molecule has 0 amide bonds. The summed E-state index contributed by atoms with van der Waals surface area (Å²) in [4.78, 5) is 16.4. The number of aryl methyl sites for hydroxylation is 2. The van der Waals surface area contributed by atoms with Gasteiger partial charge >= 0.3 is 6.18 Å². The Balaban J connectivity index is 1.71. The van der Waals surface area contributed by atoms with Gasteiger partial charge in [-0.05, 0) is 79.6 Å². The van der Waals surface area contributed by atoms with E-state index in [1.54, 1.807) is 11.8 Å². The molecule has 1 aliphatic carbocycles. The average molecular weight is 636 g/mol. The highest BCUT2D eigenvalue weighted by Gasteiger charge is 2.47. The molecule has 3 aromatic rings. The molecule has 3 aromatic carbocycles. The average Bonchev–Trinajstić information content (AvgIpc) is 2.93. The molecule has 0 radical (unpaired) electrons. The Bertz CT molecular complexity index is 1770. The van der Waals surface area contributed by atoms with E-state index < -0.39 is 23.1 Å². The van der Waals surface area contributed by atoms with E-state index in [4.69, 9.17) is 17.3 Å². The van der Waals surface area contributed by atoms with E-state index in [1.807, 2.05) is 40.7 Å². The summed E-state index contributed by atoms with van der Waals surface area (Å²) in [5, 5.41) is 10.4. The van der Waals surface area contributed by atoms with Gasteiger partial charge < -0.3 is 5.73 Å². The van der Waals surface area contributed by atoms with Crippen LogP contribution in [-0.4, -0.2) is 5.78 Å². The molecule has 1 aliphatic heterocycles. The van der Waals surface area contributed by atoms with Crippen LogP contribution in [0.2, 0.25) is 5.02 Å². The van der Waals surface area contributed by atoms with E-state index in [1.165, 1.54) is 22.6 Å². The van der Waals surface area contributed by atoms with Crippen LogP contribution >= 0.6 is 23.4 Å². The summed E-state index contributed by atoms with van der Waals surface area (Å²) in [7, 11) is 0. The number of rotatable bonds is 5. The summed E-state index contributed by atoms with van der Waals surface area (Å²) >= 11 is 7.69. The standard InChI is InChI=1S/C35H33ClF3N3OS/c1-19-6-9-24(10-7-19)44-18-22-12-20(2)13-25(21(22)3)31-26(17-40)33(41)42(29-15-34(4,5)16-30(43)32(29)31)28-11-8-23(36)14-27(28)35(37,38)39/h6-14,31H,15-16,18,41H2,1-5H3. The maximum absolute atomic E-state index is 14.3. The zero-order valence-electron chi connectivity index (χ0n) is 25.2. The Hall–Kier alpha value is -3.67. The van der Waals surface area contributed by atoms with Gasteiger partial charge in [0.05, 0.1) is 28.8 Å². The van der Waals surface area contributed by atoms with Crippen molar-refractivity contribution in [3.05, 3.63) is 116 Å². The SMILES string of the molecule is Cc1ccc(SCc2cc(C)cc(C3C(C#N)=C(N)N(c4ccc(Cl)cc4C(F)(F)F)C4=C3C(=O)CC(C)(C)C4)c2C)cc1. The Labute approximate surface area is 265 Å². The smallest absolute Gasteiger partial charge is 0.384 e. The minimum Gasteiger partial charge on any atom is -0.384 e. The summed E-state index contributed by atoms with van der Waals surface area (Å²) in [6, 6.07) is 18.0. The fourth-order valence-corrected chi connectivity index (χ4v) is 7.36. The number of nitrogens with two attached hydrogens (primary N) is 1. The largest absolute Gasteiger partial charge is 0.418 e. The molecule has 2 aliphatic rings. The van der Waals surface area contributed by atoms with Gasteiger partial charge in [-0.1, -0.05) is 60.8 Å². The Morgan fingerprint density at radius 1 is 1.05 bits per heavy atom. The van der Waals surface area contributed by atoms with Crippen LogP contribution in [0, 0.1) is 37.5 Å². The summed E-state index contributed by atoms with van der Waals surface area (Å²) in [5.74, 6) is -0.466. The number of nitrogens with zero attached hydrogens (tertiary/aromatic N) is 2. The van der Waals surface area contributed by atoms with Crippen molar-refractivity contribution in [2.24, 2.45) is 11.1 Å². The second-order valence-electron chi connectivity index (χ2n) is 12.4. The number of carbonyl (C=O) groups excluding carboxylic acids is 1. The molecule has 2 N–H and O–H groups in total. The number of Topliss-reactive ketones (excluding diaryl/α,β-unsaturated/α-hetero) is 1.